The molecule has 11 heteroatoms. The second kappa shape index (κ2) is 11.5. The zero-order valence-corrected chi connectivity index (χ0v) is 26.1. The lowest BCUT2D eigenvalue weighted by molar-refractivity contribution is -0.0123. The number of likely N-dealkylation sites (tertiary alicyclic amines) is 1. The molecule has 4 aromatic rings. The van der Waals surface area contributed by atoms with Gasteiger partial charge in [-0.3, -0.25) is 0 Å². The third-order valence-corrected chi connectivity index (χ3v) is 9.82. The minimum Gasteiger partial charge on any atom is -0.508 e. The Morgan fingerprint density at radius 1 is 1.11 bits per heavy atom. The molecule has 0 radical (unpaired) electrons. The molecule has 2 N–H and O–H groups in total. The molecule has 3 fully saturated rings. The second-order valence-electron chi connectivity index (χ2n) is 13.2. The maximum Gasteiger partial charge on any atom is 0.319 e. The molecule has 2 aromatic heterocycles. The van der Waals surface area contributed by atoms with E-state index in [2.05, 4.69) is 21.9 Å². The van der Waals surface area contributed by atoms with Crippen LogP contribution in [0.3, 0.4) is 0 Å². The largest absolute Gasteiger partial charge is 0.508 e. The Morgan fingerprint density at radius 3 is 2.78 bits per heavy atom. The predicted molar refractivity (Wildman–Crippen MR) is 170 cm³/mol. The van der Waals surface area contributed by atoms with Crippen LogP contribution in [0.5, 0.6) is 17.6 Å². The Balaban J connectivity index is 1.40. The maximum atomic E-state index is 16.9. The summed E-state index contributed by atoms with van der Waals surface area (Å²) >= 11 is 0. The number of phenols is 1. The van der Waals surface area contributed by atoms with Gasteiger partial charge in [0.25, 0.3) is 0 Å². The predicted octanol–water partition coefficient (Wildman–Crippen LogP) is 4.93. The van der Waals surface area contributed by atoms with E-state index in [1.807, 2.05) is 29.2 Å². The second-order valence-corrected chi connectivity index (χ2v) is 13.2. The van der Waals surface area contributed by atoms with E-state index in [1.54, 1.807) is 13.0 Å². The fraction of sp³-hybridized carbons (Fsp3) is 0.500. The molecule has 10 nitrogen and oxygen atoms in total. The van der Waals surface area contributed by atoms with Gasteiger partial charge in [0, 0.05) is 23.6 Å². The highest BCUT2D eigenvalue weighted by atomic mass is 19.1. The van der Waals surface area contributed by atoms with Crippen molar-refractivity contribution in [2.75, 3.05) is 58.5 Å². The molecule has 2 aromatic carbocycles. The SMILES string of the molecule is COc1nc(-c2cc(O)cc3ccccc23)c(F)c2nc(OC[C@]34CCC[C@H]3N(C)CCC4)nc(N3CCOC[C@@](C)(O)C3)c12. The summed E-state index contributed by atoms with van der Waals surface area (Å²) in [5.74, 6) is -0.200. The fourth-order valence-corrected chi connectivity index (χ4v) is 7.78. The molecule has 2 saturated heterocycles. The molecule has 7 rings (SSSR count). The lowest BCUT2D eigenvalue weighted by Gasteiger charge is -2.44. The van der Waals surface area contributed by atoms with Crippen LogP contribution in [-0.4, -0.2) is 95.3 Å². The van der Waals surface area contributed by atoms with Gasteiger partial charge in [0.1, 0.15) is 33.8 Å². The average molecular weight is 618 g/mol. The van der Waals surface area contributed by atoms with Gasteiger partial charge in [-0.25, -0.2) is 9.37 Å². The van der Waals surface area contributed by atoms with Crippen molar-refractivity contribution in [2.24, 2.45) is 5.41 Å². The number of β-amino-alcohol motifs (C(OH)–C–C–N with tert-alkyl or cyclic N) is 1. The zero-order valence-electron chi connectivity index (χ0n) is 26.1. The van der Waals surface area contributed by atoms with Gasteiger partial charge in [-0.15, -0.1) is 0 Å². The molecule has 0 bridgehead atoms. The number of rotatable bonds is 6. The monoisotopic (exact) mass is 617 g/mol. The summed E-state index contributed by atoms with van der Waals surface area (Å²) < 4.78 is 34.8. The third kappa shape index (κ3) is 5.40. The first kappa shape index (κ1) is 29.9. The van der Waals surface area contributed by atoms with Gasteiger partial charge < -0.3 is 34.2 Å². The number of aromatic hydroxyl groups is 1. The zero-order chi connectivity index (χ0) is 31.3. The van der Waals surface area contributed by atoms with Crippen molar-refractivity contribution in [3.8, 4) is 28.9 Å². The lowest BCUT2D eigenvalue weighted by atomic mass is 9.76. The lowest BCUT2D eigenvalue weighted by Crippen LogP contribution is -2.50. The number of fused-ring (bicyclic) bond motifs is 3. The van der Waals surface area contributed by atoms with Crippen LogP contribution in [0.4, 0.5) is 10.2 Å². The molecule has 1 aliphatic carbocycles. The van der Waals surface area contributed by atoms with Gasteiger partial charge in [0.15, 0.2) is 5.82 Å². The highest BCUT2D eigenvalue weighted by Gasteiger charge is 2.47. The van der Waals surface area contributed by atoms with E-state index >= 15 is 4.39 Å². The summed E-state index contributed by atoms with van der Waals surface area (Å²) in [6.45, 7) is 4.31. The summed E-state index contributed by atoms with van der Waals surface area (Å²) in [5, 5.41) is 23.3. The fourth-order valence-electron chi connectivity index (χ4n) is 7.78. The summed E-state index contributed by atoms with van der Waals surface area (Å²) in [5.41, 5.74) is -0.773. The van der Waals surface area contributed by atoms with Crippen LogP contribution in [0.2, 0.25) is 0 Å². The van der Waals surface area contributed by atoms with Crippen LogP contribution in [0.15, 0.2) is 36.4 Å². The van der Waals surface area contributed by atoms with Crippen LogP contribution in [0, 0.1) is 11.2 Å². The van der Waals surface area contributed by atoms with E-state index in [-0.39, 0.29) is 52.8 Å². The van der Waals surface area contributed by atoms with Crippen LogP contribution in [0.1, 0.15) is 39.0 Å². The van der Waals surface area contributed by atoms with E-state index < -0.39 is 11.4 Å². The number of hydrogen-bond acceptors (Lipinski definition) is 10. The van der Waals surface area contributed by atoms with Crippen molar-refractivity contribution in [3.63, 3.8) is 0 Å². The van der Waals surface area contributed by atoms with E-state index in [9.17, 15) is 10.2 Å². The highest BCUT2D eigenvalue weighted by Crippen LogP contribution is 2.48. The van der Waals surface area contributed by atoms with E-state index in [4.69, 9.17) is 19.2 Å². The first-order valence-corrected chi connectivity index (χ1v) is 15.7. The Kier molecular flexibility index (Phi) is 7.66. The van der Waals surface area contributed by atoms with Gasteiger partial charge in [-0.05, 0) is 69.1 Å². The number of halogens is 1. The van der Waals surface area contributed by atoms with Gasteiger partial charge in [0.05, 0.1) is 33.5 Å². The first-order chi connectivity index (χ1) is 21.7. The number of nitrogens with zero attached hydrogens (tertiary/aromatic N) is 5. The summed E-state index contributed by atoms with van der Waals surface area (Å²) in [4.78, 5) is 18.5. The minimum absolute atomic E-state index is 0.00315. The number of anilines is 1. The van der Waals surface area contributed by atoms with Gasteiger partial charge >= 0.3 is 6.01 Å². The average Bonchev–Trinajstić information content (AvgIpc) is 3.38. The van der Waals surface area contributed by atoms with Crippen molar-refractivity contribution in [2.45, 2.75) is 50.7 Å². The van der Waals surface area contributed by atoms with Crippen molar-refractivity contribution >= 4 is 27.5 Å². The molecule has 0 unspecified atom stereocenters. The van der Waals surface area contributed by atoms with E-state index in [0.29, 0.717) is 37.2 Å². The van der Waals surface area contributed by atoms with E-state index in [0.717, 1.165) is 49.4 Å². The Bertz CT molecular complexity index is 1750. The highest BCUT2D eigenvalue weighted by molar-refractivity contribution is 6.01. The Hall–Kier alpha value is -3.80. The molecule has 3 atom stereocenters. The standard InChI is InChI=1S/C34H40FN5O5/c1-33(42)18-40(14-15-44-19-33)30-26-29(37-32(38-30)45-20-34-11-6-10-25(34)39(2)13-7-12-34)27(35)28(36-31(26)43-3)24-17-22(41)16-21-8-4-5-9-23(21)24/h4-5,8-9,16-17,25,41-42H,6-7,10-15,18-20H2,1-3H3/t25-,33+,34-/m1/s1. The number of phenolic OH excluding ortho intramolecular Hbond substituents is 1. The van der Waals surface area contributed by atoms with Gasteiger partial charge in [-0.1, -0.05) is 30.7 Å². The summed E-state index contributed by atoms with van der Waals surface area (Å²) in [6, 6.07) is 11.1. The third-order valence-electron chi connectivity index (χ3n) is 9.82. The number of benzene rings is 2. The molecule has 0 amide bonds. The number of hydrogen-bond donors (Lipinski definition) is 2. The van der Waals surface area contributed by atoms with Crippen molar-refractivity contribution in [3.05, 3.63) is 42.2 Å². The first-order valence-electron chi connectivity index (χ1n) is 15.7. The molecule has 1 saturated carbocycles. The number of ether oxygens (including phenoxy) is 3. The minimum atomic E-state index is -1.17. The number of methoxy groups -OCH3 is 1. The van der Waals surface area contributed by atoms with Crippen LogP contribution in [0.25, 0.3) is 32.9 Å². The smallest absolute Gasteiger partial charge is 0.319 e. The number of piperidine rings is 1. The molecule has 4 heterocycles. The normalized spacial score (nSPS) is 25.8. The summed E-state index contributed by atoms with van der Waals surface area (Å²) in [7, 11) is 3.65. The van der Waals surface area contributed by atoms with Gasteiger partial charge in [0.2, 0.25) is 5.88 Å². The molecular formula is C34H40FN5O5. The number of pyridine rings is 1. The van der Waals surface area contributed by atoms with Gasteiger partial charge in [-0.2, -0.15) is 9.97 Å². The topological polar surface area (TPSA) is 113 Å². The molecule has 45 heavy (non-hydrogen) atoms. The van der Waals surface area contributed by atoms with Crippen LogP contribution in [-0.2, 0) is 4.74 Å². The quantitative estimate of drug-likeness (QED) is 0.309. The summed E-state index contributed by atoms with van der Waals surface area (Å²) in [6.07, 6.45) is 5.50. The maximum absolute atomic E-state index is 16.9. The van der Waals surface area contributed by atoms with Crippen molar-refractivity contribution < 1.29 is 28.8 Å². The van der Waals surface area contributed by atoms with Crippen LogP contribution >= 0.6 is 0 Å². The van der Waals surface area contributed by atoms with E-state index in [1.165, 1.54) is 13.2 Å². The molecule has 3 aliphatic rings. The van der Waals surface area contributed by atoms with Crippen molar-refractivity contribution in [1.29, 1.82) is 0 Å². The molecule has 238 valence electrons. The molecule has 0 spiro atoms. The van der Waals surface area contributed by atoms with Crippen LogP contribution < -0.4 is 14.4 Å². The number of aliphatic hydroxyl groups is 1. The molecule has 2 aliphatic heterocycles. The molecular weight excluding hydrogens is 577 g/mol. The van der Waals surface area contributed by atoms with Crippen molar-refractivity contribution in [1.82, 2.24) is 19.9 Å². The Morgan fingerprint density at radius 2 is 1.93 bits per heavy atom. The Labute approximate surface area is 261 Å². The number of aromatic nitrogens is 3.